The van der Waals surface area contributed by atoms with Crippen LogP contribution in [0.1, 0.15) is 28.8 Å². The maximum Gasteiger partial charge on any atom is 0.166 e. The molecule has 1 aliphatic rings. The highest BCUT2D eigenvalue weighted by atomic mass is 16.5. The number of anilines is 1. The van der Waals surface area contributed by atoms with Crippen molar-refractivity contribution in [1.29, 1.82) is 0 Å². The molecule has 1 aliphatic heterocycles. The van der Waals surface area contributed by atoms with Gasteiger partial charge in [0.15, 0.2) is 5.78 Å². The van der Waals surface area contributed by atoms with Gasteiger partial charge in [0, 0.05) is 30.3 Å². The third-order valence-corrected chi connectivity index (χ3v) is 4.70. The van der Waals surface area contributed by atoms with Gasteiger partial charge in [-0.1, -0.05) is 18.2 Å². The first kappa shape index (κ1) is 15.6. The molecule has 0 aliphatic carbocycles. The molecular formula is C20H23NO2. The Balaban J connectivity index is 1.64. The summed E-state index contributed by atoms with van der Waals surface area (Å²) in [6, 6.07) is 15.9. The molecule has 2 aromatic rings. The van der Waals surface area contributed by atoms with Crippen LogP contribution in [0.25, 0.3) is 0 Å². The van der Waals surface area contributed by atoms with Gasteiger partial charge < -0.3 is 9.64 Å². The summed E-state index contributed by atoms with van der Waals surface area (Å²) in [6.45, 7) is 4.03. The average molecular weight is 309 g/mol. The lowest BCUT2D eigenvalue weighted by Crippen LogP contribution is -2.36. The van der Waals surface area contributed by atoms with Crippen LogP contribution in [0.15, 0.2) is 48.5 Å². The van der Waals surface area contributed by atoms with Gasteiger partial charge >= 0.3 is 0 Å². The van der Waals surface area contributed by atoms with Crippen LogP contribution in [0.5, 0.6) is 5.75 Å². The lowest BCUT2D eigenvalue weighted by Gasteiger charge is -2.34. The van der Waals surface area contributed by atoms with E-state index in [1.165, 1.54) is 11.3 Å². The number of hydrogen-bond donors (Lipinski definition) is 0. The van der Waals surface area contributed by atoms with Crippen molar-refractivity contribution in [1.82, 2.24) is 0 Å². The van der Waals surface area contributed by atoms with E-state index in [-0.39, 0.29) is 11.7 Å². The maximum atomic E-state index is 12.7. The van der Waals surface area contributed by atoms with E-state index in [1.54, 1.807) is 7.11 Å². The molecular weight excluding hydrogens is 286 g/mol. The summed E-state index contributed by atoms with van der Waals surface area (Å²) in [4.78, 5) is 15.0. The monoisotopic (exact) mass is 309 g/mol. The number of ether oxygens (including phenoxy) is 1. The second-order valence-corrected chi connectivity index (χ2v) is 6.14. The smallest absolute Gasteiger partial charge is 0.166 e. The minimum atomic E-state index is 0.128. The Morgan fingerprint density at radius 3 is 2.30 bits per heavy atom. The molecule has 0 spiro atoms. The van der Waals surface area contributed by atoms with Crippen LogP contribution in [0.2, 0.25) is 0 Å². The molecule has 1 saturated heterocycles. The quantitative estimate of drug-likeness (QED) is 0.796. The normalized spacial score (nSPS) is 15.5. The number of Topliss-reactive ketones (excluding diaryl/α,β-unsaturated/α-hetero) is 1. The van der Waals surface area contributed by atoms with Gasteiger partial charge in [0.1, 0.15) is 5.75 Å². The van der Waals surface area contributed by atoms with Gasteiger partial charge in [0.05, 0.1) is 7.11 Å². The Kier molecular flexibility index (Phi) is 4.65. The van der Waals surface area contributed by atoms with Gasteiger partial charge in [0.25, 0.3) is 0 Å². The maximum absolute atomic E-state index is 12.7. The Bertz CT molecular complexity index is 670. The minimum Gasteiger partial charge on any atom is -0.497 e. The molecule has 0 aromatic heterocycles. The van der Waals surface area contributed by atoms with Gasteiger partial charge in [-0.05, 0) is 55.7 Å². The molecule has 0 bridgehead atoms. The van der Waals surface area contributed by atoms with Crippen LogP contribution < -0.4 is 9.64 Å². The number of carbonyl (C=O) groups is 1. The summed E-state index contributed by atoms with van der Waals surface area (Å²) in [5, 5.41) is 0. The van der Waals surface area contributed by atoms with Crippen molar-refractivity contribution in [2.75, 3.05) is 25.1 Å². The van der Waals surface area contributed by atoms with Crippen LogP contribution in [-0.4, -0.2) is 26.0 Å². The predicted octanol–water partition coefficient (Wildman–Crippen LogP) is 4.10. The van der Waals surface area contributed by atoms with Crippen molar-refractivity contribution in [3.63, 3.8) is 0 Å². The van der Waals surface area contributed by atoms with E-state index in [4.69, 9.17) is 4.74 Å². The van der Waals surface area contributed by atoms with E-state index in [1.807, 2.05) is 24.3 Å². The Labute approximate surface area is 137 Å². The molecule has 0 unspecified atom stereocenters. The number of carbonyl (C=O) groups excluding carboxylic acids is 1. The standard InChI is InChI=1S/C20H23NO2/c1-15-5-3-4-6-19(15)21-13-11-17(12-14-21)20(22)16-7-9-18(23-2)10-8-16/h3-10,17H,11-14H2,1-2H3. The summed E-state index contributed by atoms with van der Waals surface area (Å²) >= 11 is 0. The van der Waals surface area contributed by atoms with E-state index in [0.29, 0.717) is 0 Å². The van der Waals surface area contributed by atoms with Crippen LogP contribution in [0, 0.1) is 12.8 Å². The number of benzene rings is 2. The second kappa shape index (κ2) is 6.86. The zero-order chi connectivity index (χ0) is 16.2. The molecule has 3 rings (SSSR count). The molecule has 120 valence electrons. The van der Waals surface area contributed by atoms with Gasteiger partial charge in [-0.25, -0.2) is 0 Å². The first-order chi connectivity index (χ1) is 11.2. The van der Waals surface area contributed by atoms with Crippen LogP contribution >= 0.6 is 0 Å². The molecule has 0 amide bonds. The topological polar surface area (TPSA) is 29.5 Å². The Morgan fingerprint density at radius 1 is 1.04 bits per heavy atom. The summed E-state index contributed by atoms with van der Waals surface area (Å²) in [5.74, 6) is 1.18. The largest absolute Gasteiger partial charge is 0.497 e. The summed E-state index contributed by atoms with van der Waals surface area (Å²) in [5.41, 5.74) is 3.38. The Hall–Kier alpha value is -2.29. The molecule has 2 aromatic carbocycles. The van der Waals surface area contributed by atoms with Crippen molar-refractivity contribution >= 4 is 11.5 Å². The lowest BCUT2D eigenvalue weighted by atomic mass is 9.88. The lowest BCUT2D eigenvalue weighted by molar-refractivity contribution is 0.0900. The zero-order valence-electron chi connectivity index (χ0n) is 13.8. The van der Waals surface area contributed by atoms with Crippen LogP contribution in [-0.2, 0) is 0 Å². The molecule has 0 atom stereocenters. The van der Waals surface area contributed by atoms with Crippen LogP contribution in [0.3, 0.4) is 0 Å². The number of para-hydroxylation sites is 1. The second-order valence-electron chi connectivity index (χ2n) is 6.14. The summed E-state index contributed by atoms with van der Waals surface area (Å²) in [6.07, 6.45) is 1.83. The van der Waals surface area contributed by atoms with Gasteiger partial charge in [-0.2, -0.15) is 0 Å². The number of nitrogens with zero attached hydrogens (tertiary/aromatic N) is 1. The number of ketones is 1. The fourth-order valence-corrected chi connectivity index (χ4v) is 3.29. The number of piperidine rings is 1. The molecule has 1 fully saturated rings. The van der Waals surface area contributed by atoms with Gasteiger partial charge in [-0.15, -0.1) is 0 Å². The van der Waals surface area contributed by atoms with Crippen molar-refractivity contribution in [2.24, 2.45) is 5.92 Å². The van der Waals surface area contributed by atoms with Gasteiger partial charge in [-0.3, -0.25) is 4.79 Å². The number of methoxy groups -OCH3 is 1. The van der Waals surface area contributed by atoms with E-state index >= 15 is 0 Å². The third kappa shape index (κ3) is 3.39. The van der Waals surface area contributed by atoms with E-state index < -0.39 is 0 Å². The average Bonchev–Trinajstić information content (AvgIpc) is 2.62. The molecule has 0 N–H and O–H groups in total. The molecule has 3 nitrogen and oxygen atoms in total. The first-order valence-electron chi connectivity index (χ1n) is 8.18. The molecule has 3 heteroatoms. The highest BCUT2D eigenvalue weighted by Crippen LogP contribution is 2.28. The summed E-state index contributed by atoms with van der Waals surface area (Å²) < 4.78 is 5.15. The third-order valence-electron chi connectivity index (χ3n) is 4.70. The van der Waals surface area contributed by atoms with Gasteiger partial charge in [0.2, 0.25) is 0 Å². The first-order valence-corrected chi connectivity index (χ1v) is 8.18. The van der Waals surface area contributed by atoms with E-state index in [2.05, 4.69) is 36.1 Å². The zero-order valence-corrected chi connectivity index (χ0v) is 13.8. The van der Waals surface area contributed by atoms with Crippen LogP contribution in [0.4, 0.5) is 5.69 Å². The SMILES string of the molecule is COc1ccc(C(=O)C2CCN(c3ccccc3C)CC2)cc1. The predicted molar refractivity (Wildman–Crippen MR) is 93.4 cm³/mol. The highest BCUT2D eigenvalue weighted by Gasteiger charge is 2.26. The molecule has 1 heterocycles. The van der Waals surface area contributed by atoms with E-state index in [0.717, 1.165) is 37.2 Å². The number of hydrogen-bond acceptors (Lipinski definition) is 3. The minimum absolute atomic E-state index is 0.128. The fraction of sp³-hybridized carbons (Fsp3) is 0.350. The van der Waals surface area contributed by atoms with Crippen molar-refractivity contribution in [3.05, 3.63) is 59.7 Å². The molecule has 23 heavy (non-hydrogen) atoms. The fourth-order valence-electron chi connectivity index (χ4n) is 3.29. The van der Waals surface area contributed by atoms with Crippen molar-refractivity contribution in [3.8, 4) is 5.75 Å². The van der Waals surface area contributed by atoms with E-state index in [9.17, 15) is 4.79 Å². The highest BCUT2D eigenvalue weighted by molar-refractivity contribution is 5.98. The summed E-state index contributed by atoms with van der Waals surface area (Å²) in [7, 11) is 1.64. The van der Waals surface area contributed by atoms with Crippen molar-refractivity contribution in [2.45, 2.75) is 19.8 Å². The molecule has 0 radical (unpaired) electrons. The van der Waals surface area contributed by atoms with Crippen molar-refractivity contribution < 1.29 is 9.53 Å². The Morgan fingerprint density at radius 2 is 1.70 bits per heavy atom. The number of aryl methyl sites for hydroxylation is 1. The number of rotatable bonds is 4. The molecule has 0 saturated carbocycles.